The highest BCUT2D eigenvalue weighted by atomic mass is 16.2. The maximum absolute atomic E-state index is 12.8. The van der Waals surface area contributed by atoms with Crippen molar-refractivity contribution in [2.75, 3.05) is 26.2 Å². The lowest BCUT2D eigenvalue weighted by Crippen LogP contribution is -2.48. The van der Waals surface area contributed by atoms with E-state index in [0.29, 0.717) is 6.42 Å². The molecular formula is C23H26N4O. The van der Waals surface area contributed by atoms with E-state index < -0.39 is 0 Å². The third-order valence-electron chi connectivity index (χ3n) is 5.30. The van der Waals surface area contributed by atoms with Gasteiger partial charge in [0, 0.05) is 51.2 Å². The monoisotopic (exact) mass is 374 g/mol. The molecule has 1 amide bonds. The highest BCUT2D eigenvalue weighted by Crippen LogP contribution is 2.12. The van der Waals surface area contributed by atoms with Crippen molar-refractivity contribution in [2.45, 2.75) is 19.5 Å². The van der Waals surface area contributed by atoms with Crippen LogP contribution in [0.2, 0.25) is 0 Å². The zero-order valence-electron chi connectivity index (χ0n) is 16.1. The minimum Gasteiger partial charge on any atom is -0.340 e. The Morgan fingerprint density at radius 3 is 2.07 bits per heavy atom. The Balaban J connectivity index is 1.30. The van der Waals surface area contributed by atoms with Crippen LogP contribution in [-0.4, -0.2) is 51.4 Å². The number of rotatable bonds is 6. The molecule has 0 saturated carbocycles. The van der Waals surface area contributed by atoms with Crippen molar-refractivity contribution in [1.82, 2.24) is 19.4 Å². The van der Waals surface area contributed by atoms with Gasteiger partial charge in [0.2, 0.25) is 5.91 Å². The SMILES string of the molecule is O=C(Cc1cncn1Cc1ccccc1)N1CCN(Cc2ccccc2)CC1. The molecule has 1 saturated heterocycles. The molecule has 0 aliphatic carbocycles. The van der Waals surface area contributed by atoms with E-state index in [0.717, 1.165) is 45.0 Å². The molecule has 4 rings (SSSR count). The molecule has 28 heavy (non-hydrogen) atoms. The number of aromatic nitrogens is 2. The summed E-state index contributed by atoms with van der Waals surface area (Å²) in [5.41, 5.74) is 3.51. The van der Waals surface area contributed by atoms with E-state index in [-0.39, 0.29) is 5.91 Å². The molecule has 0 bridgehead atoms. The number of benzene rings is 2. The lowest BCUT2D eigenvalue weighted by Gasteiger charge is -2.34. The average Bonchev–Trinajstić information content (AvgIpc) is 3.16. The Kier molecular flexibility index (Phi) is 5.83. The molecule has 2 aromatic carbocycles. The summed E-state index contributed by atoms with van der Waals surface area (Å²) in [6, 6.07) is 20.8. The maximum Gasteiger partial charge on any atom is 0.228 e. The van der Waals surface area contributed by atoms with Gasteiger partial charge in [-0.05, 0) is 11.1 Å². The summed E-state index contributed by atoms with van der Waals surface area (Å²) >= 11 is 0. The molecule has 2 heterocycles. The van der Waals surface area contributed by atoms with E-state index in [4.69, 9.17) is 0 Å². The minimum absolute atomic E-state index is 0.189. The fraction of sp³-hybridized carbons (Fsp3) is 0.304. The Morgan fingerprint density at radius 1 is 0.821 bits per heavy atom. The van der Waals surface area contributed by atoms with E-state index in [9.17, 15) is 4.79 Å². The van der Waals surface area contributed by atoms with Crippen LogP contribution in [0.25, 0.3) is 0 Å². The van der Waals surface area contributed by atoms with Gasteiger partial charge in [0.25, 0.3) is 0 Å². The van der Waals surface area contributed by atoms with Gasteiger partial charge < -0.3 is 9.47 Å². The zero-order chi connectivity index (χ0) is 19.2. The Hall–Kier alpha value is -2.92. The summed E-state index contributed by atoms with van der Waals surface area (Å²) in [6.45, 7) is 5.12. The normalized spacial score (nSPS) is 14.9. The number of amides is 1. The number of nitrogens with zero attached hydrogens (tertiary/aromatic N) is 4. The largest absolute Gasteiger partial charge is 0.340 e. The highest BCUT2D eigenvalue weighted by Gasteiger charge is 2.22. The Bertz CT molecular complexity index is 883. The fourth-order valence-corrected chi connectivity index (χ4v) is 3.68. The van der Waals surface area contributed by atoms with Crippen LogP contribution in [0.5, 0.6) is 0 Å². The smallest absolute Gasteiger partial charge is 0.228 e. The van der Waals surface area contributed by atoms with Gasteiger partial charge in [0.15, 0.2) is 0 Å². The van der Waals surface area contributed by atoms with Crippen LogP contribution >= 0.6 is 0 Å². The summed E-state index contributed by atoms with van der Waals surface area (Å²) in [4.78, 5) is 21.5. The van der Waals surface area contributed by atoms with Gasteiger partial charge in [0.05, 0.1) is 12.7 Å². The molecule has 5 nitrogen and oxygen atoms in total. The van der Waals surface area contributed by atoms with Gasteiger partial charge >= 0.3 is 0 Å². The summed E-state index contributed by atoms with van der Waals surface area (Å²) < 4.78 is 2.07. The second kappa shape index (κ2) is 8.85. The molecule has 0 radical (unpaired) electrons. The first-order valence-electron chi connectivity index (χ1n) is 9.85. The summed E-state index contributed by atoms with van der Waals surface area (Å²) in [7, 11) is 0. The van der Waals surface area contributed by atoms with Crippen molar-refractivity contribution in [2.24, 2.45) is 0 Å². The second-order valence-corrected chi connectivity index (χ2v) is 7.32. The summed E-state index contributed by atoms with van der Waals surface area (Å²) in [5, 5.41) is 0. The predicted octanol–water partition coefficient (Wildman–Crippen LogP) is 2.82. The van der Waals surface area contributed by atoms with Gasteiger partial charge in [-0.1, -0.05) is 60.7 Å². The Labute approximate surface area is 166 Å². The van der Waals surface area contributed by atoms with Crippen LogP contribution in [0.4, 0.5) is 0 Å². The molecule has 0 N–H and O–H groups in total. The molecule has 1 aromatic heterocycles. The van der Waals surface area contributed by atoms with E-state index in [1.165, 1.54) is 11.1 Å². The van der Waals surface area contributed by atoms with Crippen molar-refractivity contribution in [3.05, 3.63) is 90.0 Å². The van der Waals surface area contributed by atoms with E-state index in [2.05, 4.69) is 50.8 Å². The molecule has 3 aromatic rings. The summed E-state index contributed by atoms with van der Waals surface area (Å²) in [6.07, 6.45) is 4.03. The number of piperazine rings is 1. The number of hydrogen-bond donors (Lipinski definition) is 0. The highest BCUT2D eigenvalue weighted by molar-refractivity contribution is 5.78. The molecular weight excluding hydrogens is 348 g/mol. The van der Waals surface area contributed by atoms with Crippen molar-refractivity contribution in [3.8, 4) is 0 Å². The average molecular weight is 374 g/mol. The van der Waals surface area contributed by atoms with Crippen LogP contribution in [0.3, 0.4) is 0 Å². The summed E-state index contributed by atoms with van der Waals surface area (Å²) in [5.74, 6) is 0.189. The molecule has 0 unspecified atom stereocenters. The lowest BCUT2D eigenvalue weighted by molar-refractivity contribution is -0.132. The number of carbonyl (C=O) groups is 1. The van der Waals surface area contributed by atoms with E-state index in [1.807, 2.05) is 41.7 Å². The number of imidazole rings is 1. The van der Waals surface area contributed by atoms with Crippen molar-refractivity contribution in [1.29, 1.82) is 0 Å². The number of hydrogen-bond acceptors (Lipinski definition) is 3. The molecule has 1 aliphatic heterocycles. The second-order valence-electron chi connectivity index (χ2n) is 7.32. The van der Waals surface area contributed by atoms with E-state index >= 15 is 0 Å². The van der Waals surface area contributed by atoms with Gasteiger partial charge in [-0.15, -0.1) is 0 Å². The maximum atomic E-state index is 12.8. The lowest BCUT2D eigenvalue weighted by atomic mass is 10.2. The van der Waals surface area contributed by atoms with Crippen LogP contribution in [0.1, 0.15) is 16.8 Å². The molecule has 0 spiro atoms. The zero-order valence-corrected chi connectivity index (χ0v) is 16.1. The molecule has 1 aliphatic rings. The first-order chi connectivity index (χ1) is 13.8. The standard InChI is InChI=1S/C23H26N4O/c28-23(15-22-16-24-19-27(22)18-21-9-5-2-6-10-21)26-13-11-25(12-14-26)17-20-7-3-1-4-8-20/h1-10,16,19H,11-15,17-18H2. The predicted molar refractivity (Wildman–Crippen MR) is 110 cm³/mol. The fourth-order valence-electron chi connectivity index (χ4n) is 3.68. The van der Waals surface area contributed by atoms with Gasteiger partial charge in [0.1, 0.15) is 0 Å². The van der Waals surface area contributed by atoms with E-state index in [1.54, 1.807) is 0 Å². The van der Waals surface area contributed by atoms with Gasteiger partial charge in [-0.2, -0.15) is 0 Å². The minimum atomic E-state index is 0.189. The van der Waals surface area contributed by atoms with Crippen molar-refractivity contribution < 1.29 is 4.79 Å². The first-order valence-corrected chi connectivity index (χ1v) is 9.85. The van der Waals surface area contributed by atoms with Crippen LogP contribution < -0.4 is 0 Å². The van der Waals surface area contributed by atoms with Crippen molar-refractivity contribution >= 4 is 5.91 Å². The van der Waals surface area contributed by atoms with Crippen molar-refractivity contribution in [3.63, 3.8) is 0 Å². The topological polar surface area (TPSA) is 41.4 Å². The third-order valence-corrected chi connectivity index (χ3v) is 5.30. The molecule has 0 atom stereocenters. The van der Waals surface area contributed by atoms with Gasteiger partial charge in [-0.25, -0.2) is 4.98 Å². The van der Waals surface area contributed by atoms with Crippen LogP contribution in [0, 0.1) is 0 Å². The van der Waals surface area contributed by atoms with Gasteiger partial charge in [-0.3, -0.25) is 9.69 Å². The van der Waals surface area contributed by atoms with Crippen LogP contribution in [0.15, 0.2) is 73.2 Å². The third kappa shape index (κ3) is 4.67. The quantitative estimate of drug-likeness (QED) is 0.666. The molecule has 144 valence electrons. The molecule has 1 fully saturated rings. The molecule has 5 heteroatoms. The number of carbonyl (C=O) groups excluding carboxylic acids is 1. The van der Waals surface area contributed by atoms with Crippen LogP contribution in [-0.2, 0) is 24.3 Å². The first kappa shape index (κ1) is 18.4. The Morgan fingerprint density at radius 2 is 1.43 bits per heavy atom.